The molecular formula is C15H14N2O2. The number of hydrogen-bond acceptors (Lipinski definition) is 2. The molecule has 1 aromatic heterocycles. The van der Waals surface area contributed by atoms with Gasteiger partial charge in [0.2, 0.25) is 5.56 Å². The average molecular weight is 254 g/mol. The van der Waals surface area contributed by atoms with Crippen LogP contribution in [0.2, 0.25) is 0 Å². The van der Waals surface area contributed by atoms with E-state index >= 15 is 0 Å². The van der Waals surface area contributed by atoms with Gasteiger partial charge >= 0.3 is 0 Å². The van der Waals surface area contributed by atoms with Gasteiger partial charge in [-0.25, -0.2) is 0 Å². The smallest absolute Gasteiger partial charge is 0.251 e. The number of nitrogens with one attached hydrogen (secondary N) is 2. The van der Waals surface area contributed by atoms with Gasteiger partial charge in [-0.15, -0.1) is 0 Å². The molecule has 1 saturated carbocycles. The predicted octanol–water partition coefficient (Wildman–Crippen LogP) is 1.93. The SMILES string of the molecule is O=C(NC1CC1)c1cccc(-c2cccc(=O)[nH]2)c1. The molecule has 0 bridgehead atoms. The summed E-state index contributed by atoms with van der Waals surface area (Å²) in [5.41, 5.74) is 2.02. The van der Waals surface area contributed by atoms with Crippen molar-refractivity contribution >= 4 is 5.91 Å². The van der Waals surface area contributed by atoms with Crippen molar-refractivity contribution in [3.8, 4) is 11.3 Å². The lowest BCUT2D eigenvalue weighted by Gasteiger charge is -2.06. The summed E-state index contributed by atoms with van der Waals surface area (Å²) >= 11 is 0. The molecule has 4 nitrogen and oxygen atoms in total. The Balaban J connectivity index is 1.90. The standard InChI is InChI=1S/C15H14N2O2/c18-14-6-2-5-13(17-14)10-3-1-4-11(9-10)15(19)16-12-7-8-12/h1-6,9,12H,7-8H2,(H,16,19)(H,17,18). The van der Waals surface area contributed by atoms with Gasteiger partial charge in [-0.3, -0.25) is 9.59 Å². The number of benzene rings is 1. The van der Waals surface area contributed by atoms with Crippen LogP contribution in [0.25, 0.3) is 11.3 Å². The number of rotatable bonds is 3. The van der Waals surface area contributed by atoms with Gasteiger partial charge in [0.15, 0.2) is 0 Å². The first kappa shape index (κ1) is 11.7. The number of aromatic nitrogens is 1. The van der Waals surface area contributed by atoms with Crippen LogP contribution < -0.4 is 10.9 Å². The Morgan fingerprint density at radius 2 is 1.95 bits per heavy atom. The Morgan fingerprint density at radius 1 is 1.16 bits per heavy atom. The van der Waals surface area contributed by atoms with Crippen LogP contribution in [0.3, 0.4) is 0 Å². The minimum absolute atomic E-state index is 0.0531. The van der Waals surface area contributed by atoms with Crippen LogP contribution in [0.5, 0.6) is 0 Å². The van der Waals surface area contributed by atoms with Crippen LogP contribution in [-0.2, 0) is 0 Å². The van der Waals surface area contributed by atoms with E-state index in [0.717, 1.165) is 18.4 Å². The Hall–Kier alpha value is -2.36. The molecule has 3 rings (SSSR count). The molecule has 0 saturated heterocycles. The maximum absolute atomic E-state index is 12.0. The highest BCUT2D eigenvalue weighted by molar-refractivity contribution is 5.95. The number of hydrogen-bond donors (Lipinski definition) is 2. The van der Waals surface area contributed by atoms with E-state index in [1.807, 2.05) is 18.2 Å². The van der Waals surface area contributed by atoms with Gasteiger partial charge in [0.05, 0.1) is 0 Å². The molecule has 0 aliphatic heterocycles. The highest BCUT2D eigenvalue weighted by Crippen LogP contribution is 2.21. The van der Waals surface area contributed by atoms with Gasteiger partial charge in [0.25, 0.3) is 5.91 Å². The second-order valence-corrected chi connectivity index (χ2v) is 4.76. The molecule has 0 atom stereocenters. The van der Waals surface area contributed by atoms with Gasteiger partial charge in [-0.1, -0.05) is 18.2 Å². The number of carbonyl (C=O) groups is 1. The highest BCUT2D eigenvalue weighted by Gasteiger charge is 2.23. The second kappa shape index (κ2) is 4.72. The molecule has 1 fully saturated rings. The molecule has 0 unspecified atom stereocenters. The van der Waals surface area contributed by atoms with Crippen LogP contribution in [0.15, 0.2) is 47.3 Å². The normalized spacial score (nSPS) is 14.1. The van der Waals surface area contributed by atoms with Gasteiger partial charge in [0.1, 0.15) is 0 Å². The van der Waals surface area contributed by atoms with Crippen LogP contribution in [-0.4, -0.2) is 16.9 Å². The van der Waals surface area contributed by atoms with E-state index < -0.39 is 0 Å². The molecule has 19 heavy (non-hydrogen) atoms. The van der Waals surface area contributed by atoms with Crippen LogP contribution in [0, 0.1) is 0 Å². The van der Waals surface area contributed by atoms with Crippen molar-refractivity contribution < 1.29 is 4.79 Å². The first-order valence-electron chi connectivity index (χ1n) is 6.33. The quantitative estimate of drug-likeness (QED) is 0.879. The van der Waals surface area contributed by atoms with E-state index in [-0.39, 0.29) is 11.5 Å². The third-order valence-electron chi connectivity index (χ3n) is 3.12. The summed E-state index contributed by atoms with van der Waals surface area (Å²) in [6.07, 6.45) is 2.13. The monoisotopic (exact) mass is 254 g/mol. The lowest BCUT2D eigenvalue weighted by Crippen LogP contribution is -2.25. The highest BCUT2D eigenvalue weighted by atomic mass is 16.1. The van der Waals surface area contributed by atoms with Crippen molar-refractivity contribution in [2.75, 3.05) is 0 Å². The third kappa shape index (κ3) is 2.73. The molecule has 4 heteroatoms. The van der Waals surface area contributed by atoms with Crippen molar-refractivity contribution in [1.82, 2.24) is 10.3 Å². The topological polar surface area (TPSA) is 62.0 Å². The van der Waals surface area contributed by atoms with Crippen LogP contribution >= 0.6 is 0 Å². The molecule has 1 aromatic carbocycles. The van der Waals surface area contributed by atoms with E-state index in [4.69, 9.17) is 0 Å². The zero-order chi connectivity index (χ0) is 13.2. The third-order valence-corrected chi connectivity index (χ3v) is 3.12. The fourth-order valence-corrected chi connectivity index (χ4v) is 1.94. The fourth-order valence-electron chi connectivity index (χ4n) is 1.94. The number of carbonyl (C=O) groups excluding carboxylic acids is 1. The summed E-state index contributed by atoms with van der Waals surface area (Å²) in [5.74, 6) is -0.0531. The van der Waals surface area contributed by atoms with Crippen molar-refractivity contribution in [1.29, 1.82) is 0 Å². The number of pyridine rings is 1. The van der Waals surface area contributed by atoms with Crippen LogP contribution in [0.1, 0.15) is 23.2 Å². The minimum atomic E-state index is -0.148. The zero-order valence-corrected chi connectivity index (χ0v) is 10.3. The second-order valence-electron chi connectivity index (χ2n) is 4.76. The minimum Gasteiger partial charge on any atom is -0.349 e. The lowest BCUT2D eigenvalue weighted by molar-refractivity contribution is 0.0951. The van der Waals surface area contributed by atoms with E-state index in [1.54, 1.807) is 18.2 Å². The first-order chi connectivity index (χ1) is 9.22. The Kier molecular flexibility index (Phi) is 2.91. The van der Waals surface area contributed by atoms with Crippen LogP contribution in [0.4, 0.5) is 0 Å². The summed E-state index contributed by atoms with van der Waals surface area (Å²) in [4.78, 5) is 26.0. The van der Waals surface area contributed by atoms with Gasteiger partial charge in [-0.05, 0) is 36.6 Å². The largest absolute Gasteiger partial charge is 0.349 e. The number of amides is 1. The summed E-state index contributed by atoms with van der Waals surface area (Å²) in [6.45, 7) is 0. The molecule has 96 valence electrons. The van der Waals surface area contributed by atoms with Crippen molar-refractivity contribution in [3.63, 3.8) is 0 Å². The van der Waals surface area contributed by atoms with E-state index in [2.05, 4.69) is 10.3 Å². The van der Waals surface area contributed by atoms with E-state index in [9.17, 15) is 9.59 Å². The van der Waals surface area contributed by atoms with Crippen molar-refractivity contribution in [2.45, 2.75) is 18.9 Å². The Morgan fingerprint density at radius 3 is 2.68 bits per heavy atom. The van der Waals surface area contributed by atoms with Gasteiger partial charge < -0.3 is 10.3 Å². The molecule has 2 N–H and O–H groups in total. The predicted molar refractivity (Wildman–Crippen MR) is 73.0 cm³/mol. The molecule has 0 spiro atoms. The summed E-state index contributed by atoms with van der Waals surface area (Å²) in [6, 6.07) is 12.6. The Labute approximate surface area is 110 Å². The molecule has 0 radical (unpaired) electrons. The van der Waals surface area contributed by atoms with Gasteiger partial charge in [-0.2, -0.15) is 0 Å². The van der Waals surface area contributed by atoms with Gasteiger partial charge in [0, 0.05) is 23.4 Å². The number of aromatic amines is 1. The van der Waals surface area contributed by atoms with E-state index in [0.29, 0.717) is 17.3 Å². The first-order valence-corrected chi connectivity index (χ1v) is 6.33. The molecule has 2 aromatic rings. The van der Waals surface area contributed by atoms with Crippen molar-refractivity contribution in [2.24, 2.45) is 0 Å². The average Bonchev–Trinajstić information content (AvgIpc) is 3.23. The molecule has 1 aliphatic rings. The molecule has 1 amide bonds. The fraction of sp³-hybridized carbons (Fsp3) is 0.200. The lowest BCUT2D eigenvalue weighted by atomic mass is 10.1. The maximum atomic E-state index is 12.0. The summed E-state index contributed by atoms with van der Waals surface area (Å²) < 4.78 is 0. The molecule has 1 heterocycles. The van der Waals surface area contributed by atoms with Crippen molar-refractivity contribution in [3.05, 3.63) is 58.4 Å². The summed E-state index contributed by atoms with van der Waals surface area (Å²) in [5, 5.41) is 2.95. The number of H-pyrrole nitrogens is 1. The van der Waals surface area contributed by atoms with E-state index in [1.165, 1.54) is 6.07 Å². The zero-order valence-electron chi connectivity index (χ0n) is 10.3. The molecular weight excluding hydrogens is 240 g/mol. The summed E-state index contributed by atoms with van der Waals surface area (Å²) in [7, 11) is 0. The molecule has 1 aliphatic carbocycles. The Bertz CT molecular complexity index is 672. The maximum Gasteiger partial charge on any atom is 0.251 e.